The summed E-state index contributed by atoms with van der Waals surface area (Å²) in [6.45, 7) is 1.21. The molecule has 0 fully saturated rings. The highest BCUT2D eigenvalue weighted by molar-refractivity contribution is 5.73. The van der Waals surface area contributed by atoms with Crippen LogP contribution in [-0.2, 0) is 4.79 Å². The quantitative estimate of drug-likeness (QED) is 0.293. The minimum absolute atomic E-state index is 0.440. The Bertz CT molecular complexity index is 130. The van der Waals surface area contributed by atoms with Crippen LogP contribution in [0.5, 0.6) is 0 Å². The fourth-order valence-electron chi connectivity index (χ4n) is 0.925. The van der Waals surface area contributed by atoms with Crippen LogP contribution in [0.25, 0.3) is 0 Å². The van der Waals surface area contributed by atoms with Crippen molar-refractivity contribution in [3.63, 3.8) is 0 Å². The largest absolute Gasteiger partial charge is 0.480 e. The van der Waals surface area contributed by atoms with Crippen LogP contribution in [0.2, 0.25) is 0 Å². The summed E-state index contributed by atoms with van der Waals surface area (Å²) < 4.78 is 0. The maximum Gasteiger partial charge on any atom is 0.320 e. The number of likely N-dealkylation sites (N-methyl/N-ethyl adjacent to an activating group) is 1. The highest BCUT2D eigenvalue weighted by Gasteiger charge is 2.12. The number of hydrogen-bond donors (Lipinski definition) is 4. The van der Waals surface area contributed by atoms with Gasteiger partial charge in [0.15, 0.2) is 0 Å². The van der Waals surface area contributed by atoms with Crippen molar-refractivity contribution < 1.29 is 9.90 Å². The molecule has 0 unspecified atom stereocenters. The Hall–Kier alpha value is -0.650. The SMILES string of the molecule is CN[C@@H](CCCNCN)C(=O)O. The van der Waals surface area contributed by atoms with E-state index in [0.717, 1.165) is 13.0 Å². The van der Waals surface area contributed by atoms with E-state index in [0.29, 0.717) is 13.1 Å². The normalized spacial score (nSPS) is 12.8. The number of aliphatic carboxylic acids is 1. The van der Waals surface area contributed by atoms with Crippen molar-refractivity contribution in [3.8, 4) is 0 Å². The van der Waals surface area contributed by atoms with Crippen molar-refractivity contribution in [2.75, 3.05) is 20.3 Å². The van der Waals surface area contributed by atoms with Gasteiger partial charge in [0.05, 0.1) is 0 Å². The predicted octanol–water partition coefficient (Wildman–Crippen LogP) is -1.05. The zero-order valence-electron chi connectivity index (χ0n) is 7.34. The maximum atomic E-state index is 10.5. The molecule has 0 heterocycles. The molecular weight excluding hydrogens is 158 g/mol. The molecule has 0 aromatic rings. The number of carbonyl (C=O) groups is 1. The Labute approximate surface area is 72.3 Å². The average molecular weight is 175 g/mol. The molecule has 0 amide bonds. The van der Waals surface area contributed by atoms with E-state index in [9.17, 15) is 4.79 Å². The van der Waals surface area contributed by atoms with E-state index in [4.69, 9.17) is 10.8 Å². The zero-order chi connectivity index (χ0) is 9.40. The predicted molar refractivity (Wildman–Crippen MR) is 46.8 cm³/mol. The summed E-state index contributed by atoms with van der Waals surface area (Å²) in [5.74, 6) is -0.801. The standard InChI is InChI=1S/C7H17N3O2/c1-9-6(7(11)12)3-2-4-10-5-8/h6,9-10H,2-5,8H2,1H3,(H,11,12)/t6-/m0/s1. The van der Waals surface area contributed by atoms with Crippen LogP contribution >= 0.6 is 0 Å². The summed E-state index contributed by atoms with van der Waals surface area (Å²) in [7, 11) is 1.65. The van der Waals surface area contributed by atoms with Gasteiger partial charge in [-0.05, 0) is 26.4 Å². The van der Waals surface area contributed by atoms with Gasteiger partial charge in [-0.3, -0.25) is 4.79 Å². The van der Waals surface area contributed by atoms with Crippen LogP contribution < -0.4 is 16.4 Å². The van der Waals surface area contributed by atoms with Gasteiger partial charge in [-0.15, -0.1) is 0 Å². The second-order valence-corrected chi connectivity index (χ2v) is 2.53. The molecule has 0 aliphatic rings. The zero-order valence-corrected chi connectivity index (χ0v) is 7.34. The molecule has 5 heteroatoms. The number of hydrogen-bond acceptors (Lipinski definition) is 4. The monoisotopic (exact) mass is 175 g/mol. The molecule has 0 aliphatic carbocycles. The molecule has 5 nitrogen and oxygen atoms in total. The van der Waals surface area contributed by atoms with Crippen molar-refractivity contribution in [1.82, 2.24) is 10.6 Å². The van der Waals surface area contributed by atoms with Gasteiger partial charge in [-0.25, -0.2) is 0 Å². The topological polar surface area (TPSA) is 87.4 Å². The smallest absolute Gasteiger partial charge is 0.320 e. The minimum Gasteiger partial charge on any atom is -0.480 e. The van der Waals surface area contributed by atoms with Crippen LogP contribution in [-0.4, -0.2) is 37.4 Å². The van der Waals surface area contributed by atoms with Crippen molar-refractivity contribution in [1.29, 1.82) is 0 Å². The molecule has 0 radical (unpaired) electrons. The minimum atomic E-state index is -0.801. The summed E-state index contributed by atoms with van der Waals surface area (Å²) >= 11 is 0. The molecule has 1 atom stereocenters. The van der Waals surface area contributed by atoms with Gasteiger partial charge in [0.2, 0.25) is 0 Å². The third kappa shape index (κ3) is 5.06. The first-order chi connectivity index (χ1) is 5.72. The summed E-state index contributed by atoms with van der Waals surface area (Å²) in [4.78, 5) is 10.5. The number of nitrogens with two attached hydrogens (primary N) is 1. The Balaban J connectivity index is 3.38. The highest BCUT2D eigenvalue weighted by atomic mass is 16.4. The molecule has 72 valence electrons. The molecule has 0 aromatic heterocycles. The number of rotatable bonds is 7. The molecule has 0 bridgehead atoms. The van der Waals surface area contributed by atoms with Crippen molar-refractivity contribution in [3.05, 3.63) is 0 Å². The van der Waals surface area contributed by atoms with Gasteiger partial charge in [-0.2, -0.15) is 0 Å². The molecule has 0 aliphatic heterocycles. The van der Waals surface area contributed by atoms with E-state index in [1.807, 2.05) is 0 Å². The maximum absolute atomic E-state index is 10.5. The third-order valence-electron chi connectivity index (χ3n) is 1.64. The number of carboxylic acids is 1. The second-order valence-electron chi connectivity index (χ2n) is 2.53. The molecule has 12 heavy (non-hydrogen) atoms. The van der Waals surface area contributed by atoms with Crippen LogP contribution in [0.4, 0.5) is 0 Å². The van der Waals surface area contributed by atoms with Crippen molar-refractivity contribution in [2.45, 2.75) is 18.9 Å². The first-order valence-electron chi connectivity index (χ1n) is 4.03. The van der Waals surface area contributed by atoms with E-state index in [1.165, 1.54) is 0 Å². The second kappa shape index (κ2) is 7.02. The molecule has 0 rings (SSSR count). The fraction of sp³-hybridized carbons (Fsp3) is 0.857. The van der Waals surface area contributed by atoms with E-state index in [-0.39, 0.29) is 0 Å². The van der Waals surface area contributed by atoms with Gasteiger partial charge in [0.25, 0.3) is 0 Å². The van der Waals surface area contributed by atoms with Crippen LogP contribution in [0.15, 0.2) is 0 Å². The highest BCUT2D eigenvalue weighted by Crippen LogP contribution is 1.95. The third-order valence-corrected chi connectivity index (χ3v) is 1.64. The average Bonchev–Trinajstić information content (AvgIpc) is 2.04. The summed E-state index contributed by atoms with van der Waals surface area (Å²) in [5.41, 5.74) is 5.19. The summed E-state index contributed by atoms with van der Waals surface area (Å²) in [6, 6.07) is -0.440. The lowest BCUT2D eigenvalue weighted by Gasteiger charge is -2.10. The fourth-order valence-corrected chi connectivity index (χ4v) is 0.925. The Morgan fingerprint density at radius 2 is 2.33 bits per heavy atom. The van der Waals surface area contributed by atoms with E-state index >= 15 is 0 Å². The van der Waals surface area contributed by atoms with Crippen molar-refractivity contribution in [2.24, 2.45) is 5.73 Å². The van der Waals surface area contributed by atoms with E-state index in [2.05, 4.69) is 10.6 Å². The van der Waals surface area contributed by atoms with Gasteiger partial charge < -0.3 is 21.5 Å². The number of nitrogens with one attached hydrogen (secondary N) is 2. The molecule has 0 saturated carbocycles. The Morgan fingerprint density at radius 1 is 1.67 bits per heavy atom. The van der Waals surface area contributed by atoms with E-state index < -0.39 is 12.0 Å². The molecule has 0 saturated heterocycles. The summed E-state index contributed by atoms with van der Waals surface area (Å²) in [5, 5.41) is 14.3. The lowest BCUT2D eigenvalue weighted by Crippen LogP contribution is -2.34. The molecule has 0 aromatic carbocycles. The van der Waals surface area contributed by atoms with Gasteiger partial charge in [0.1, 0.15) is 6.04 Å². The Kier molecular flexibility index (Phi) is 6.64. The van der Waals surface area contributed by atoms with Gasteiger partial charge in [0, 0.05) is 6.67 Å². The Morgan fingerprint density at radius 3 is 2.75 bits per heavy atom. The molecule has 5 N–H and O–H groups in total. The van der Waals surface area contributed by atoms with Gasteiger partial charge in [-0.1, -0.05) is 0 Å². The first-order valence-corrected chi connectivity index (χ1v) is 4.03. The molecule has 0 spiro atoms. The first kappa shape index (κ1) is 11.4. The lowest BCUT2D eigenvalue weighted by atomic mass is 10.1. The van der Waals surface area contributed by atoms with Gasteiger partial charge >= 0.3 is 5.97 Å². The van der Waals surface area contributed by atoms with Crippen LogP contribution in [0.1, 0.15) is 12.8 Å². The van der Waals surface area contributed by atoms with Crippen LogP contribution in [0.3, 0.4) is 0 Å². The van der Waals surface area contributed by atoms with Crippen molar-refractivity contribution >= 4 is 5.97 Å². The van der Waals surface area contributed by atoms with Crippen LogP contribution in [0, 0.1) is 0 Å². The number of carboxylic acid groups (broad SMARTS) is 1. The van der Waals surface area contributed by atoms with E-state index in [1.54, 1.807) is 7.05 Å². The lowest BCUT2D eigenvalue weighted by molar-refractivity contribution is -0.139. The summed E-state index contributed by atoms with van der Waals surface area (Å²) in [6.07, 6.45) is 1.44. The molecular formula is C7H17N3O2.